The molecule has 2 bridgehead atoms. The van der Waals surface area contributed by atoms with Gasteiger partial charge in [-0.2, -0.15) is 0 Å². The Hall–Kier alpha value is -8.64. The molecule has 0 radical (unpaired) electrons. The molecule has 12 nitrogen and oxygen atoms in total. The fraction of sp³-hybridized carbons (Fsp3) is 0.143. The van der Waals surface area contributed by atoms with Crippen LogP contribution in [0.2, 0.25) is 0 Å². The Balaban J connectivity index is 1.21. The van der Waals surface area contributed by atoms with Gasteiger partial charge in [-0.15, -0.1) is 0 Å². The standard InChI is InChI=1S/C56H42O12/c57-31-9-1-25(2-10-31)43-47-39(65)23-41-49(45(29-17-35(61)21-36(62)18-29)55(67-41)27-5-13-33(59)14-6-27)53(47)52-44(26-3-11-32(58)12-4-26)51(43)54-48(52)40(66)24-42-50(54)46(30-19-37(63)22-38(64)20-30)56(68-42)28-7-15-34(60)16-8-28/h1-24,43-46,51-52,55-66H. The summed E-state index contributed by atoms with van der Waals surface area (Å²) >= 11 is 0. The maximum absolute atomic E-state index is 12.8. The second-order valence-corrected chi connectivity index (χ2v) is 18.2. The number of fused-ring (bicyclic) bond motifs is 11. The Labute approximate surface area is 388 Å². The van der Waals surface area contributed by atoms with Gasteiger partial charge in [0.05, 0.1) is 11.8 Å². The lowest BCUT2D eigenvalue weighted by Crippen LogP contribution is -2.28. The zero-order valence-electron chi connectivity index (χ0n) is 35.8. The molecule has 12 heteroatoms. The smallest absolute Gasteiger partial charge is 0.135 e. The van der Waals surface area contributed by atoms with Crippen molar-refractivity contribution in [3.8, 4) is 69.0 Å². The summed E-state index contributed by atoms with van der Waals surface area (Å²) in [5.41, 5.74) is 7.46. The van der Waals surface area contributed by atoms with Crippen LogP contribution >= 0.6 is 0 Å². The van der Waals surface area contributed by atoms with Crippen LogP contribution in [0.25, 0.3) is 0 Å². The molecule has 10 N–H and O–H groups in total. The Bertz CT molecular complexity index is 3290. The maximum Gasteiger partial charge on any atom is 0.135 e. The summed E-state index contributed by atoms with van der Waals surface area (Å²) in [7, 11) is 0. The monoisotopic (exact) mass is 906 g/mol. The molecular weight excluding hydrogens is 865 g/mol. The third-order valence-corrected chi connectivity index (χ3v) is 14.4. The van der Waals surface area contributed by atoms with Crippen molar-refractivity contribution < 1.29 is 60.5 Å². The van der Waals surface area contributed by atoms with Crippen molar-refractivity contribution in [1.82, 2.24) is 0 Å². The Kier molecular flexibility index (Phi) is 8.97. The van der Waals surface area contributed by atoms with E-state index in [4.69, 9.17) is 9.47 Å². The Morgan fingerprint density at radius 2 is 0.603 bits per heavy atom. The van der Waals surface area contributed by atoms with Crippen LogP contribution < -0.4 is 9.47 Å². The molecule has 0 saturated heterocycles. The zero-order chi connectivity index (χ0) is 46.9. The first-order valence-corrected chi connectivity index (χ1v) is 22.2. The van der Waals surface area contributed by atoms with E-state index in [9.17, 15) is 51.1 Å². The van der Waals surface area contributed by atoms with Gasteiger partial charge in [0.25, 0.3) is 0 Å². The van der Waals surface area contributed by atoms with Crippen LogP contribution in [0.15, 0.2) is 146 Å². The van der Waals surface area contributed by atoms with E-state index in [2.05, 4.69) is 0 Å². The molecule has 338 valence electrons. The number of rotatable bonds is 6. The van der Waals surface area contributed by atoms with E-state index in [0.29, 0.717) is 72.7 Å². The predicted octanol–water partition coefficient (Wildman–Crippen LogP) is 10.4. The number of hydrogen-bond donors (Lipinski definition) is 10. The molecule has 0 fully saturated rings. The van der Waals surface area contributed by atoms with Crippen LogP contribution in [-0.2, 0) is 0 Å². The highest BCUT2D eigenvalue weighted by atomic mass is 16.5. The fourth-order valence-electron chi connectivity index (χ4n) is 12.0. The normalized spacial score (nSPS) is 22.6. The third-order valence-electron chi connectivity index (χ3n) is 14.4. The zero-order valence-corrected chi connectivity index (χ0v) is 35.8. The molecule has 68 heavy (non-hydrogen) atoms. The van der Waals surface area contributed by atoms with Gasteiger partial charge in [-0.25, -0.2) is 0 Å². The fourth-order valence-corrected chi connectivity index (χ4v) is 12.0. The molecule has 0 saturated carbocycles. The van der Waals surface area contributed by atoms with Crippen LogP contribution in [0.3, 0.4) is 0 Å². The summed E-state index contributed by atoms with van der Waals surface area (Å²) in [5, 5.41) is 112. The predicted molar refractivity (Wildman–Crippen MR) is 248 cm³/mol. The highest BCUT2D eigenvalue weighted by molar-refractivity contribution is 5.76. The number of aromatic hydroxyl groups is 10. The van der Waals surface area contributed by atoms with Crippen LogP contribution in [0.1, 0.15) is 114 Å². The first-order valence-electron chi connectivity index (χ1n) is 22.2. The number of hydrogen-bond acceptors (Lipinski definition) is 12. The van der Waals surface area contributed by atoms with Gasteiger partial charge in [-0.3, -0.25) is 0 Å². The topological polar surface area (TPSA) is 221 Å². The molecule has 8 aromatic carbocycles. The molecule has 8 atom stereocenters. The first kappa shape index (κ1) is 40.8. The summed E-state index contributed by atoms with van der Waals surface area (Å²) in [6.45, 7) is 0. The van der Waals surface area contributed by atoms with Gasteiger partial charge in [-0.1, -0.05) is 48.5 Å². The molecular formula is C56H42O12. The molecule has 4 aliphatic rings. The van der Waals surface area contributed by atoms with Gasteiger partial charge in [-0.05, 0) is 117 Å². The molecule has 0 spiro atoms. The van der Waals surface area contributed by atoms with Crippen molar-refractivity contribution in [2.75, 3.05) is 0 Å². The van der Waals surface area contributed by atoms with Crippen molar-refractivity contribution in [3.63, 3.8) is 0 Å². The average molecular weight is 907 g/mol. The van der Waals surface area contributed by atoms with Gasteiger partial charge in [0.15, 0.2) is 0 Å². The van der Waals surface area contributed by atoms with Crippen molar-refractivity contribution in [3.05, 3.63) is 212 Å². The van der Waals surface area contributed by atoms with Crippen LogP contribution in [0.4, 0.5) is 0 Å². The lowest BCUT2D eigenvalue weighted by Gasteiger charge is -2.41. The highest BCUT2D eigenvalue weighted by Gasteiger charge is 2.59. The quantitative estimate of drug-likeness (QED) is 0.0753. The highest BCUT2D eigenvalue weighted by Crippen LogP contribution is 2.74. The molecule has 0 amide bonds. The molecule has 8 aromatic rings. The largest absolute Gasteiger partial charge is 0.508 e. The summed E-state index contributed by atoms with van der Waals surface area (Å²) in [4.78, 5) is 0. The van der Waals surface area contributed by atoms with Crippen molar-refractivity contribution in [1.29, 1.82) is 0 Å². The van der Waals surface area contributed by atoms with E-state index >= 15 is 0 Å². The molecule has 2 aliphatic carbocycles. The van der Waals surface area contributed by atoms with Crippen molar-refractivity contribution in [2.45, 2.75) is 47.7 Å². The third kappa shape index (κ3) is 6.20. The average Bonchev–Trinajstić information content (AvgIpc) is 3.95. The Morgan fingerprint density at radius 3 is 1.01 bits per heavy atom. The molecule has 2 heterocycles. The summed E-state index contributed by atoms with van der Waals surface area (Å²) in [6, 6.07) is 38.6. The lowest BCUT2D eigenvalue weighted by molar-refractivity contribution is 0.221. The minimum absolute atomic E-state index is 0.0177. The van der Waals surface area contributed by atoms with E-state index in [1.165, 1.54) is 12.1 Å². The molecule has 2 aliphatic heterocycles. The van der Waals surface area contributed by atoms with E-state index in [0.717, 1.165) is 5.56 Å². The lowest BCUT2D eigenvalue weighted by atomic mass is 9.60. The van der Waals surface area contributed by atoms with E-state index < -0.39 is 47.7 Å². The summed E-state index contributed by atoms with van der Waals surface area (Å²) in [6.07, 6.45) is -1.61. The van der Waals surface area contributed by atoms with Crippen molar-refractivity contribution in [2.24, 2.45) is 0 Å². The number of ether oxygens (including phenoxy) is 2. The second-order valence-electron chi connectivity index (χ2n) is 18.2. The van der Waals surface area contributed by atoms with Gasteiger partial charge in [0, 0.05) is 70.2 Å². The SMILES string of the molecule is Oc1ccc(C2Oc3cc(O)c4c(c3C2c2cc(O)cc(O)c2)C2c3c(O)cc5c(c3C(C4c3ccc(O)cc3)C2c2ccc(O)cc2)C(c2cc(O)cc(O)c2)C(c2ccc(O)cc2)O5)cc1. The van der Waals surface area contributed by atoms with Gasteiger partial charge >= 0.3 is 0 Å². The van der Waals surface area contributed by atoms with Crippen LogP contribution in [-0.4, -0.2) is 51.1 Å². The second kappa shape index (κ2) is 14.9. The number of phenolic OH excluding ortho intramolecular Hbond substituents is 10. The van der Waals surface area contributed by atoms with Gasteiger partial charge < -0.3 is 60.5 Å². The molecule has 8 unspecified atom stereocenters. The Morgan fingerprint density at radius 1 is 0.250 bits per heavy atom. The van der Waals surface area contributed by atoms with Gasteiger partial charge in [0.1, 0.15) is 81.2 Å². The molecule has 12 rings (SSSR count). The molecule has 0 aromatic heterocycles. The first-order chi connectivity index (χ1) is 32.8. The van der Waals surface area contributed by atoms with Crippen LogP contribution in [0, 0.1) is 0 Å². The summed E-state index contributed by atoms with van der Waals surface area (Å²) < 4.78 is 13.8. The van der Waals surface area contributed by atoms with Crippen LogP contribution in [0.5, 0.6) is 69.0 Å². The van der Waals surface area contributed by atoms with E-state index in [1.54, 1.807) is 121 Å². The van der Waals surface area contributed by atoms with Gasteiger partial charge in [0.2, 0.25) is 0 Å². The summed E-state index contributed by atoms with van der Waals surface area (Å²) in [5.74, 6) is -4.30. The number of phenols is 10. The van der Waals surface area contributed by atoms with Crippen molar-refractivity contribution >= 4 is 0 Å². The minimum Gasteiger partial charge on any atom is -0.508 e. The minimum atomic E-state index is -0.813. The van der Waals surface area contributed by atoms with E-state index in [-0.39, 0.29) is 57.5 Å². The maximum atomic E-state index is 12.8. The number of benzene rings is 8. The van der Waals surface area contributed by atoms with E-state index in [1.807, 2.05) is 12.1 Å².